The summed E-state index contributed by atoms with van der Waals surface area (Å²) in [5.74, 6) is 0.923. The number of fused-ring (bicyclic) bond motifs is 1. The van der Waals surface area contributed by atoms with Gasteiger partial charge in [0.05, 0.1) is 5.57 Å². The molecule has 0 radical (unpaired) electrons. The maximum atomic E-state index is 12.4. The lowest BCUT2D eigenvalue weighted by Crippen LogP contribution is -2.39. The molecule has 4 N–H and O–H groups in total. The molecule has 0 saturated carbocycles. The van der Waals surface area contributed by atoms with E-state index in [1.807, 2.05) is 6.08 Å². The van der Waals surface area contributed by atoms with Crippen LogP contribution in [0.3, 0.4) is 0 Å². The largest absolute Gasteiger partial charge is 0.488 e. The number of rotatable bonds is 3. The fourth-order valence-corrected chi connectivity index (χ4v) is 3.12. The number of carbonyl (C=O) groups is 1. The van der Waals surface area contributed by atoms with Crippen LogP contribution in [0.15, 0.2) is 35.1 Å². The number of carbonyl (C=O) groups excluding carboxylic acids is 1. The topological polar surface area (TPSA) is 76.4 Å². The maximum absolute atomic E-state index is 12.4. The molecule has 0 aromatic rings. The van der Waals surface area contributed by atoms with Crippen molar-refractivity contribution in [3.63, 3.8) is 0 Å². The molecule has 6 heteroatoms. The monoisotopic (exact) mass is 309 g/mol. The first-order valence-corrected chi connectivity index (χ1v) is 7.70. The van der Waals surface area contributed by atoms with Crippen LogP contribution < -0.4 is 16.4 Å². The Bertz CT molecular complexity index is 531. The zero-order chi connectivity index (χ0) is 14.9. The summed E-state index contributed by atoms with van der Waals surface area (Å²) in [5.41, 5.74) is 7.16. The van der Waals surface area contributed by atoms with Crippen LogP contribution in [0.4, 0.5) is 0 Å². The van der Waals surface area contributed by atoms with Gasteiger partial charge >= 0.3 is 0 Å². The third-order valence-electron chi connectivity index (χ3n) is 4.16. The zero-order valence-corrected chi connectivity index (χ0v) is 12.6. The van der Waals surface area contributed by atoms with Crippen molar-refractivity contribution in [3.05, 3.63) is 35.1 Å². The molecule has 1 atom stereocenters. The van der Waals surface area contributed by atoms with E-state index >= 15 is 0 Å². The summed E-state index contributed by atoms with van der Waals surface area (Å²) in [4.78, 5) is 11.3. The van der Waals surface area contributed by atoms with Crippen LogP contribution in [0.1, 0.15) is 12.8 Å². The second-order valence-corrected chi connectivity index (χ2v) is 6.30. The summed E-state index contributed by atoms with van der Waals surface area (Å²) in [6.45, 7) is 3.14. The van der Waals surface area contributed by atoms with Crippen molar-refractivity contribution < 1.29 is 9.53 Å². The highest BCUT2D eigenvalue weighted by molar-refractivity contribution is 6.27. The van der Waals surface area contributed by atoms with Crippen LogP contribution >= 0.6 is 11.6 Å². The number of hydrogen-bond donors (Lipinski definition) is 3. The van der Waals surface area contributed by atoms with E-state index in [-0.39, 0.29) is 5.91 Å². The fourth-order valence-electron chi connectivity index (χ4n) is 2.90. The van der Waals surface area contributed by atoms with Crippen LogP contribution in [0.2, 0.25) is 0 Å². The number of amides is 1. The molecule has 3 aliphatic rings. The Morgan fingerprint density at radius 2 is 2.29 bits per heavy atom. The van der Waals surface area contributed by atoms with Gasteiger partial charge in [0.2, 0.25) is 0 Å². The van der Waals surface area contributed by atoms with Gasteiger partial charge in [0.15, 0.2) is 0 Å². The van der Waals surface area contributed by atoms with Gasteiger partial charge in [-0.25, -0.2) is 0 Å². The Morgan fingerprint density at radius 3 is 3.05 bits per heavy atom. The van der Waals surface area contributed by atoms with Crippen molar-refractivity contribution in [3.8, 4) is 0 Å². The highest BCUT2D eigenvalue weighted by Crippen LogP contribution is 2.37. The van der Waals surface area contributed by atoms with Crippen LogP contribution in [-0.2, 0) is 9.53 Å². The van der Waals surface area contributed by atoms with Gasteiger partial charge in [0.25, 0.3) is 5.91 Å². The molecular weight excluding hydrogens is 290 g/mol. The molecule has 2 aliphatic heterocycles. The number of nitrogens with one attached hydrogen (secondary N) is 2. The van der Waals surface area contributed by atoms with E-state index < -0.39 is 5.00 Å². The molecule has 5 nitrogen and oxygen atoms in total. The van der Waals surface area contributed by atoms with Crippen molar-refractivity contribution in [1.82, 2.24) is 10.6 Å². The van der Waals surface area contributed by atoms with Gasteiger partial charge in [-0.05, 0) is 50.1 Å². The first-order chi connectivity index (χ1) is 10.1. The summed E-state index contributed by atoms with van der Waals surface area (Å²) in [5, 5.41) is 6.31. The number of nitrogens with two attached hydrogens (primary N) is 1. The second-order valence-electron chi connectivity index (χ2n) is 5.68. The Kier molecular flexibility index (Phi) is 4.06. The highest BCUT2D eigenvalue weighted by Gasteiger charge is 2.37. The molecule has 21 heavy (non-hydrogen) atoms. The third-order valence-corrected chi connectivity index (χ3v) is 4.49. The smallest absolute Gasteiger partial charge is 0.255 e. The molecular formula is C15H20ClN3O2. The first-order valence-electron chi connectivity index (χ1n) is 7.32. The summed E-state index contributed by atoms with van der Waals surface area (Å²) in [7, 11) is 0. The lowest BCUT2D eigenvalue weighted by atomic mass is 9.94. The molecule has 3 rings (SSSR count). The summed E-state index contributed by atoms with van der Waals surface area (Å²) >= 11 is 6.21. The molecule has 114 valence electrons. The quantitative estimate of drug-likeness (QED) is 0.532. The number of alkyl halides is 1. The normalized spacial score (nSPS) is 29.0. The Hall–Kier alpha value is -1.30. The van der Waals surface area contributed by atoms with Crippen molar-refractivity contribution in [2.45, 2.75) is 17.8 Å². The van der Waals surface area contributed by atoms with E-state index in [4.69, 9.17) is 22.1 Å². The van der Waals surface area contributed by atoms with Gasteiger partial charge in [-0.1, -0.05) is 11.6 Å². The Balaban J connectivity index is 1.67. The second kappa shape index (κ2) is 5.83. The van der Waals surface area contributed by atoms with Crippen LogP contribution in [0.5, 0.6) is 0 Å². The molecule has 2 heterocycles. The van der Waals surface area contributed by atoms with Crippen LogP contribution in [0.25, 0.3) is 0 Å². The molecule has 0 bridgehead atoms. The molecule has 0 aromatic carbocycles. The predicted octanol–water partition coefficient (Wildman–Crippen LogP) is 0.776. The lowest BCUT2D eigenvalue weighted by molar-refractivity contribution is -0.117. The van der Waals surface area contributed by atoms with Crippen LogP contribution in [-0.4, -0.2) is 37.1 Å². The molecule has 1 aliphatic carbocycles. The first kappa shape index (κ1) is 14.6. The minimum atomic E-state index is -1.08. The van der Waals surface area contributed by atoms with Gasteiger partial charge in [0.1, 0.15) is 17.4 Å². The molecule has 1 fully saturated rings. The minimum absolute atomic E-state index is 0.125. The van der Waals surface area contributed by atoms with Gasteiger partial charge in [-0.15, -0.1) is 0 Å². The van der Waals surface area contributed by atoms with E-state index in [0.717, 1.165) is 25.9 Å². The van der Waals surface area contributed by atoms with E-state index in [9.17, 15) is 4.79 Å². The van der Waals surface area contributed by atoms with E-state index in [1.165, 1.54) is 0 Å². The summed E-state index contributed by atoms with van der Waals surface area (Å²) < 4.78 is 5.52. The maximum Gasteiger partial charge on any atom is 0.255 e. The fraction of sp³-hybridized carbons (Fsp3) is 0.533. The lowest BCUT2D eigenvalue weighted by Gasteiger charge is -2.26. The van der Waals surface area contributed by atoms with Gasteiger partial charge in [-0.3, -0.25) is 4.79 Å². The SMILES string of the molecule is NC1(Cl)C=CC(C(=O)NCC2CCNCC2)=C2OCC=C21. The predicted molar refractivity (Wildman–Crippen MR) is 81.6 cm³/mol. The van der Waals surface area contributed by atoms with Crippen molar-refractivity contribution in [1.29, 1.82) is 0 Å². The Labute approximate surface area is 129 Å². The van der Waals surface area contributed by atoms with Gasteiger partial charge in [-0.2, -0.15) is 0 Å². The van der Waals surface area contributed by atoms with Crippen molar-refractivity contribution in [2.75, 3.05) is 26.2 Å². The molecule has 1 amide bonds. The zero-order valence-electron chi connectivity index (χ0n) is 11.8. The van der Waals surface area contributed by atoms with Crippen molar-refractivity contribution in [2.24, 2.45) is 11.7 Å². The number of piperidine rings is 1. The molecule has 0 spiro atoms. The number of hydrogen-bond acceptors (Lipinski definition) is 4. The summed E-state index contributed by atoms with van der Waals surface area (Å²) in [6, 6.07) is 0. The molecule has 1 unspecified atom stereocenters. The number of halogens is 1. The standard InChI is InChI=1S/C15H20ClN3O2/c16-15(17)5-1-11(13-12(15)4-8-21-13)14(20)19-9-10-2-6-18-7-3-10/h1,4-5,10,18H,2-3,6-9,17H2,(H,19,20). The number of ether oxygens (including phenoxy) is 1. The summed E-state index contributed by atoms with van der Waals surface area (Å²) in [6.07, 6.45) is 7.31. The van der Waals surface area contributed by atoms with Crippen LogP contribution in [0, 0.1) is 5.92 Å². The third kappa shape index (κ3) is 3.00. The Morgan fingerprint density at radius 1 is 1.52 bits per heavy atom. The van der Waals surface area contributed by atoms with Gasteiger partial charge in [0, 0.05) is 12.1 Å². The average molecular weight is 310 g/mol. The average Bonchev–Trinajstić information content (AvgIpc) is 2.97. The van der Waals surface area contributed by atoms with E-state index in [0.29, 0.717) is 36.0 Å². The van der Waals surface area contributed by atoms with Gasteiger partial charge < -0.3 is 21.1 Å². The minimum Gasteiger partial charge on any atom is -0.488 e. The molecule has 0 aromatic heterocycles. The highest BCUT2D eigenvalue weighted by atomic mass is 35.5. The molecule has 1 saturated heterocycles. The van der Waals surface area contributed by atoms with E-state index in [1.54, 1.807) is 12.2 Å². The van der Waals surface area contributed by atoms with E-state index in [2.05, 4.69) is 10.6 Å². The van der Waals surface area contributed by atoms with Crippen molar-refractivity contribution >= 4 is 17.5 Å².